The number of rotatable bonds is 6. The van der Waals surface area contributed by atoms with Gasteiger partial charge in [-0.1, -0.05) is 57.2 Å². The lowest BCUT2D eigenvalue weighted by Crippen LogP contribution is -2.29. The molecule has 0 saturated carbocycles. The van der Waals surface area contributed by atoms with Crippen LogP contribution in [-0.4, -0.2) is 39.9 Å². The standard InChI is InChI=1S/C31H31NO6/c1-18-16-22(12-15-24(18)38-5)27(33)25-26(20-10-13-23(14-11-20)31(2,3)4)32(29(35)28(25)34)17-19-6-8-21(9-7-19)30(36)37/h6-16,26,33H,17H2,1-5H3,(H,36,37)/b27-25-. The van der Waals surface area contributed by atoms with Crippen molar-refractivity contribution in [3.63, 3.8) is 0 Å². The van der Waals surface area contributed by atoms with Crippen molar-refractivity contribution in [2.75, 3.05) is 7.11 Å². The number of benzene rings is 3. The second kappa shape index (κ2) is 10.2. The Balaban J connectivity index is 1.84. The summed E-state index contributed by atoms with van der Waals surface area (Å²) < 4.78 is 5.32. The maximum absolute atomic E-state index is 13.4. The zero-order chi connectivity index (χ0) is 27.8. The highest BCUT2D eigenvalue weighted by molar-refractivity contribution is 6.46. The fourth-order valence-electron chi connectivity index (χ4n) is 4.69. The summed E-state index contributed by atoms with van der Waals surface area (Å²) in [5.41, 5.74) is 3.66. The predicted octanol–water partition coefficient (Wildman–Crippen LogP) is 5.62. The number of carboxylic acid groups (broad SMARTS) is 1. The molecule has 7 heteroatoms. The largest absolute Gasteiger partial charge is 0.507 e. The van der Waals surface area contributed by atoms with Gasteiger partial charge in [0.05, 0.1) is 24.3 Å². The van der Waals surface area contributed by atoms with Crippen LogP contribution in [0.15, 0.2) is 72.3 Å². The number of carbonyl (C=O) groups is 3. The van der Waals surface area contributed by atoms with Gasteiger partial charge >= 0.3 is 5.97 Å². The zero-order valence-corrected chi connectivity index (χ0v) is 22.1. The van der Waals surface area contributed by atoms with E-state index < -0.39 is 23.7 Å². The smallest absolute Gasteiger partial charge is 0.335 e. The van der Waals surface area contributed by atoms with Crippen molar-refractivity contribution in [2.24, 2.45) is 0 Å². The van der Waals surface area contributed by atoms with E-state index in [1.807, 2.05) is 31.2 Å². The van der Waals surface area contributed by atoms with Crippen LogP contribution in [0.3, 0.4) is 0 Å². The average Bonchev–Trinajstić information content (AvgIpc) is 3.13. The van der Waals surface area contributed by atoms with Gasteiger partial charge in [-0.3, -0.25) is 9.59 Å². The van der Waals surface area contributed by atoms with Crippen LogP contribution < -0.4 is 4.74 Å². The molecule has 3 aromatic rings. The minimum absolute atomic E-state index is 0.00484. The minimum atomic E-state index is -1.05. The molecule has 1 amide bonds. The number of ether oxygens (including phenoxy) is 1. The van der Waals surface area contributed by atoms with Crippen LogP contribution in [0.1, 0.15) is 65.0 Å². The van der Waals surface area contributed by atoms with Crippen LogP contribution in [-0.2, 0) is 21.5 Å². The number of aromatic carboxylic acids is 1. The Hall–Kier alpha value is -4.39. The Morgan fingerprint density at radius 2 is 1.53 bits per heavy atom. The number of ketones is 1. The molecule has 1 atom stereocenters. The first-order valence-corrected chi connectivity index (χ1v) is 12.3. The van der Waals surface area contributed by atoms with Crippen LogP contribution in [0.25, 0.3) is 5.76 Å². The third-order valence-corrected chi connectivity index (χ3v) is 6.85. The molecule has 7 nitrogen and oxygen atoms in total. The molecule has 1 aliphatic heterocycles. The number of aliphatic hydroxyl groups is 1. The van der Waals surface area contributed by atoms with Gasteiger partial charge in [-0.05, 0) is 64.9 Å². The molecule has 4 rings (SSSR count). The fourth-order valence-corrected chi connectivity index (χ4v) is 4.69. The molecule has 38 heavy (non-hydrogen) atoms. The molecule has 0 aliphatic carbocycles. The molecule has 0 aromatic heterocycles. The second-order valence-corrected chi connectivity index (χ2v) is 10.5. The van der Waals surface area contributed by atoms with Crippen LogP contribution in [0.2, 0.25) is 0 Å². The maximum Gasteiger partial charge on any atom is 0.335 e. The summed E-state index contributed by atoms with van der Waals surface area (Å²) in [7, 11) is 1.55. The summed E-state index contributed by atoms with van der Waals surface area (Å²) in [6, 6.07) is 18.1. The highest BCUT2D eigenvalue weighted by Gasteiger charge is 2.46. The van der Waals surface area contributed by atoms with E-state index in [0.29, 0.717) is 22.4 Å². The number of amides is 1. The monoisotopic (exact) mass is 513 g/mol. The van der Waals surface area contributed by atoms with Gasteiger partial charge in [-0.25, -0.2) is 4.79 Å². The van der Waals surface area contributed by atoms with Gasteiger partial charge in [0.2, 0.25) is 0 Å². The lowest BCUT2D eigenvalue weighted by atomic mass is 9.85. The molecule has 1 saturated heterocycles. The van der Waals surface area contributed by atoms with Gasteiger partial charge in [-0.2, -0.15) is 0 Å². The van der Waals surface area contributed by atoms with E-state index in [9.17, 15) is 24.6 Å². The van der Waals surface area contributed by atoms with E-state index in [4.69, 9.17) is 4.74 Å². The summed E-state index contributed by atoms with van der Waals surface area (Å²) >= 11 is 0. The SMILES string of the molecule is COc1ccc(/C(O)=C2/C(=O)C(=O)N(Cc3ccc(C(=O)O)cc3)C2c2ccc(C(C)(C)C)cc2)cc1C. The van der Waals surface area contributed by atoms with Crippen LogP contribution in [0.4, 0.5) is 0 Å². The Kier molecular flexibility index (Phi) is 7.14. The van der Waals surface area contributed by atoms with Gasteiger partial charge in [-0.15, -0.1) is 0 Å². The van der Waals surface area contributed by atoms with Crippen molar-refractivity contribution >= 4 is 23.4 Å². The van der Waals surface area contributed by atoms with E-state index in [1.54, 1.807) is 37.4 Å². The van der Waals surface area contributed by atoms with Crippen molar-refractivity contribution in [3.8, 4) is 5.75 Å². The quantitative estimate of drug-likeness (QED) is 0.252. The van der Waals surface area contributed by atoms with Gasteiger partial charge < -0.3 is 19.8 Å². The molecule has 0 bridgehead atoms. The third kappa shape index (κ3) is 5.05. The Bertz CT molecular complexity index is 1430. The normalized spacial score (nSPS) is 17.1. The molecule has 0 spiro atoms. The van der Waals surface area contributed by atoms with Gasteiger partial charge in [0.15, 0.2) is 0 Å². The first-order valence-electron chi connectivity index (χ1n) is 12.3. The molecular weight excluding hydrogens is 482 g/mol. The van der Waals surface area contributed by atoms with Crippen molar-refractivity contribution in [2.45, 2.75) is 45.7 Å². The Morgan fingerprint density at radius 1 is 0.921 bits per heavy atom. The molecule has 1 heterocycles. The lowest BCUT2D eigenvalue weighted by Gasteiger charge is -2.26. The highest BCUT2D eigenvalue weighted by Crippen LogP contribution is 2.41. The van der Waals surface area contributed by atoms with E-state index in [-0.39, 0.29) is 28.9 Å². The Morgan fingerprint density at radius 3 is 2.05 bits per heavy atom. The average molecular weight is 514 g/mol. The van der Waals surface area contributed by atoms with Crippen LogP contribution in [0.5, 0.6) is 5.75 Å². The number of Topliss-reactive ketones (excluding diaryl/α,β-unsaturated/α-hetero) is 1. The predicted molar refractivity (Wildman–Crippen MR) is 144 cm³/mol. The second-order valence-electron chi connectivity index (χ2n) is 10.5. The molecule has 196 valence electrons. The van der Waals surface area contributed by atoms with Crippen molar-refractivity contribution < 1.29 is 29.3 Å². The van der Waals surface area contributed by atoms with Crippen LogP contribution in [0, 0.1) is 6.92 Å². The maximum atomic E-state index is 13.4. The molecule has 1 fully saturated rings. The number of carbonyl (C=O) groups excluding carboxylic acids is 2. The fraction of sp³-hybridized carbons (Fsp3) is 0.258. The first-order chi connectivity index (χ1) is 17.9. The van der Waals surface area contributed by atoms with Crippen molar-refractivity contribution in [1.29, 1.82) is 0 Å². The summed E-state index contributed by atoms with van der Waals surface area (Å²) in [5.74, 6) is -2.18. The van der Waals surface area contributed by atoms with Crippen LogP contribution >= 0.6 is 0 Å². The van der Waals surface area contributed by atoms with Crippen molar-refractivity contribution in [3.05, 3.63) is 106 Å². The van der Waals surface area contributed by atoms with E-state index >= 15 is 0 Å². The minimum Gasteiger partial charge on any atom is -0.507 e. The summed E-state index contributed by atoms with van der Waals surface area (Å²) in [6.45, 7) is 8.19. The number of hydrogen-bond acceptors (Lipinski definition) is 5. The number of methoxy groups -OCH3 is 1. The molecule has 1 unspecified atom stereocenters. The van der Waals surface area contributed by atoms with Crippen molar-refractivity contribution in [1.82, 2.24) is 4.90 Å². The topological polar surface area (TPSA) is 104 Å². The third-order valence-electron chi connectivity index (χ3n) is 6.85. The summed E-state index contributed by atoms with van der Waals surface area (Å²) in [6.07, 6.45) is 0. The highest BCUT2D eigenvalue weighted by atomic mass is 16.5. The van der Waals surface area contributed by atoms with Gasteiger partial charge in [0.25, 0.3) is 11.7 Å². The number of aryl methyl sites for hydroxylation is 1. The molecule has 3 aromatic carbocycles. The summed E-state index contributed by atoms with van der Waals surface area (Å²) in [4.78, 5) is 39.4. The number of hydrogen-bond donors (Lipinski definition) is 2. The van der Waals surface area contributed by atoms with Gasteiger partial charge in [0.1, 0.15) is 11.5 Å². The molecule has 2 N–H and O–H groups in total. The first kappa shape index (κ1) is 26.7. The van der Waals surface area contributed by atoms with E-state index in [0.717, 1.165) is 11.1 Å². The van der Waals surface area contributed by atoms with E-state index in [2.05, 4.69) is 20.8 Å². The Labute approximate surface area is 222 Å². The number of nitrogens with zero attached hydrogens (tertiary/aromatic N) is 1. The number of likely N-dealkylation sites (tertiary alicyclic amines) is 1. The van der Waals surface area contributed by atoms with E-state index in [1.165, 1.54) is 17.0 Å². The summed E-state index contributed by atoms with van der Waals surface area (Å²) in [5, 5.41) is 20.6. The number of carboxylic acids is 1. The molecule has 1 aliphatic rings. The molecular formula is C31H31NO6. The number of aliphatic hydroxyl groups excluding tert-OH is 1. The van der Waals surface area contributed by atoms with Gasteiger partial charge in [0, 0.05) is 12.1 Å². The molecule has 0 radical (unpaired) electrons. The zero-order valence-electron chi connectivity index (χ0n) is 22.1. The lowest BCUT2D eigenvalue weighted by molar-refractivity contribution is -0.140.